The third-order valence-electron chi connectivity index (χ3n) is 2.86. The van der Waals surface area contributed by atoms with Crippen LogP contribution in [-0.2, 0) is 6.42 Å². The van der Waals surface area contributed by atoms with Gasteiger partial charge in [0.05, 0.1) is 0 Å². The molecule has 1 nitrogen and oxygen atoms in total. The Kier molecular flexibility index (Phi) is 4.00. The van der Waals surface area contributed by atoms with Gasteiger partial charge in [0.2, 0.25) is 5.12 Å². The van der Waals surface area contributed by atoms with Gasteiger partial charge in [-0.1, -0.05) is 61.2 Å². The van der Waals surface area contributed by atoms with Crippen LogP contribution in [0.1, 0.15) is 27.0 Å². The van der Waals surface area contributed by atoms with E-state index in [1.165, 1.54) is 5.56 Å². The zero-order valence-electron chi connectivity index (χ0n) is 9.97. The van der Waals surface area contributed by atoms with Gasteiger partial charge in [0.1, 0.15) is 0 Å². The molecule has 0 saturated carbocycles. The molecular weight excluding hydrogens is 240 g/mol. The van der Waals surface area contributed by atoms with Crippen LogP contribution in [0.5, 0.6) is 0 Å². The molecule has 0 amide bonds. The topological polar surface area (TPSA) is 17.1 Å². The fourth-order valence-electron chi connectivity index (χ4n) is 1.87. The molecule has 2 aromatic rings. The predicted octanol–water partition coefficient (Wildman–Crippen LogP) is 3.99. The van der Waals surface area contributed by atoms with E-state index in [0.717, 1.165) is 17.5 Å². The highest BCUT2D eigenvalue weighted by Gasteiger charge is 2.07. The summed E-state index contributed by atoms with van der Waals surface area (Å²) in [7, 11) is 0. The molecule has 2 aromatic carbocycles. The summed E-state index contributed by atoms with van der Waals surface area (Å²) in [4.78, 5) is 11.4. The van der Waals surface area contributed by atoms with Crippen LogP contribution < -0.4 is 0 Å². The van der Waals surface area contributed by atoms with Gasteiger partial charge in [0.15, 0.2) is 0 Å². The lowest BCUT2D eigenvalue weighted by Gasteiger charge is -2.06. The fraction of sp³-hybridized carbons (Fsp3) is 0.0625. The van der Waals surface area contributed by atoms with Crippen LogP contribution in [-0.4, -0.2) is 5.12 Å². The van der Waals surface area contributed by atoms with Gasteiger partial charge >= 0.3 is 0 Å². The first kappa shape index (κ1) is 12.7. The Morgan fingerprint density at radius 3 is 2.39 bits per heavy atom. The van der Waals surface area contributed by atoms with Crippen molar-refractivity contribution >= 4 is 23.8 Å². The SMILES string of the molecule is C=Cc1ccc(Cc2ccccc2C(=O)S)cc1. The lowest BCUT2D eigenvalue weighted by molar-refractivity contribution is 0.109. The third-order valence-corrected chi connectivity index (χ3v) is 3.10. The van der Waals surface area contributed by atoms with Crippen molar-refractivity contribution in [1.29, 1.82) is 0 Å². The highest BCUT2D eigenvalue weighted by molar-refractivity contribution is 7.97. The molecule has 0 spiro atoms. The lowest BCUT2D eigenvalue weighted by atomic mass is 9.99. The average molecular weight is 254 g/mol. The van der Waals surface area contributed by atoms with Crippen LogP contribution in [0.15, 0.2) is 55.1 Å². The van der Waals surface area contributed by atoms with Gasteiger partial charge in [-0.05, 0) is 23.1 Å². The number of rotatable bonds is 4. The van der Waals surface area contributed by atoms with Crippen molar-refractivity contribution in [1.82, 2.24) is 0 Å². The summed E-state index contributed by atoms with van der Waals surface area (Å²) >= 11 is 3.90. The van der Waals surface area contributed by atoms with Crippen LogP contribution in [0.3, 0.4) is 0 Å². The van der Waals surface area contributed by atoms with E-state index in [9.17, 15) is 4.79 Å². The molecule has 90 valence electrons. The normalized spacial score (nSPS) is 10.1. The summed E-state index contributed by atoms with van der Waals surface area (Å²) in [6, 6.07) is 15.7. The molecular formula is C16H14OS. The van der Waals surface area contributed by atoms with E-state index in [2.05, 4.69) is 31.3 Å². The number of carbonyl (C=O) groups excluding carboxylic acids is 1. The van der Waals surface area contributed by atoms with Gasteiger partial charge < -0.3 is 0 Å². The van der Waals surface area contributed by atoms with E-state index in [4.69, 9.17) is 0 Å². The molecule has 0 aliphatic heterocycles. The Morgan fingerprint density at radius 2 is 1.78 bits per heavy atom. The summed E-state index contributed by atoms with van der Waals surface area (Å²) < 4.78 is 0. The minimum absolute atomic E-state index is 0.187. The van der Waals surface area contributed by atoms with Gasteiger partial charge in [-0.3, -0.25) is 4.79 Å². The standard InChI is InChI=1S/C16H14OS/c1-2-12-7-9-13(10-8-12)11-14-5-3-4-6-15(14)16(17)18/h2-10H,1,11H2,(H,17,18). The quantitative estimate of drug-likeness (QED) is 0.816. The molecule has 0 aliphatic carbocycles. The second-order valence-electron chi connectivity index (χ2n) is 4.08. The summed E-state index contributed by atoms with van der Waals surface area (Å²) in [5, 5.41) is -0.187. The molecule has 0 N–H and O–H groups in total. The summed E-state index contributed by atoms with van der Waals surface area (Å²) in [6.45, 7) is 3.73. The van der Waals surface area contributed by atoms with Crippen molar-refractivity contribution in [2.45, 2.75) is 6.42 Å². The second-order valence-corrected chi connectivity index (χ2v) is 4.49. The van der Waals surface area contributed by atoms with Crippen molar-refractivity contribution in [2.24, 2.45) is 0 Å². The van der Waals surface area contributed by atoms with Crippen LogP contribution in [0.4, 0.5) is 0 Å². The first-order valence-corrected chi connectivity index (χ1v) is 6.18. The Morgan fingerprint density at radius 1 is 1.11 bits per heavy atom. The van der Waals surface area contributed by atoms with Gasteiger partial charge in [0, 0.05) is 5.56 Å². The zero-order chi connectivity index (χ0) is 13.0. The zero-order valence-corrected chi connectivity index (χ0v) is 10.9. The molecule has 2 rings (SSSR count). The van der Waals surface area contributed by atoms with E-state index in [-0.39, 0.29) is 5.12 Å². The first-order chi connectivity index (χ1) is 8.70. The first-order valence-electron chi connectivity index (χ1n) is 5.73. The summed E-state index contributed by atoms with van der Waals surface area (Å²) in [6.07, 6.45) is 2.55. The van der Waals surface area contributed by atoms with Crippen LogP contribution in [0.25, 0.3) is 6.08 Å². The molecule has 0 aromatic heterocycles. The van der Waals surface area contributed by atoms with Gasteiger partial charge in [0.25, 0.3) is 0 Å². The number of thiol groups is 1. The molecule has 0 atom stereocenters. The largest absolute Gasteiger partial charge is 0.282 e. The number of carbonyl (C=O) groups is 1. The number of hydrogen-bond donors (Lipinski definition) is 1. The number of hydrogen-bond acceptors (Lipinski definition) is 1. The molecule has 0 bridgehead atoms. The Hall–Kier alpha value is -1.80. The maximum Gasteiger partial charge on any atom is 0.216 e. The monoisotopic (exact) mass is 254 g/mol. The molecule has 2 heteroatoms. The smallest absolute Gasteiger partial charge is 0.216 e. The van der Waals surface area contributed by atoms with E-state index in [1.54, 1.807) is 0 Å². The fourth-order valence-corrected chi connectivity index (χ4v) is 2.09. The maximum atomic E-state index is 11.4. The van der Waals surface area contributed by atoms with Crippen molar-refractivity contribution in [3.05, 3.63) is 77.4 Å². The van der Waals surface area contributed by atoms with Crippen molar-refractivity contribution < 1.29 is 4.79 Å². The van der Waals surface area contributed by atoms with Crippen LogP contribution in [0.2, 0.25) is 0 Å². The van der Waals surface area contributed by atoms with Crippen LogP contribution in [0, 0.1) is 0 Å². The summed E-state index contributed by atoms with van der Waals surface area (Å²) in [5.41, 5.74) is 3.94. The van der Waals surface area contributed by atoms with E-state index in [1.807, 2.05) is 42.5 Å². The highest BCUT2D eigenvalue weighted by Crippen LogP contribution is 2.16. The van der Waals surface area contributed by atoms with E-state index < -0.39 is 0 Å². The molecule has 0 saturated heterocycles. The summed E-state index contributed by atoms with van der Waals surface area (Å²) in [5.74, 6) is 0. The number of benzene rings is 2. The van der Waals surface area contributed by atoms with Gasteiger partial charge in [-0.2, -0.15) is 0 Å². The lowest BCUT2D eigenvalue weighted by Crippen LogP contribution is -1.98. The van der Waals surface area contributed by atoms with Crippen molar-refractivity contribution in [3.63, 3.8) is 0 Å². The highest BCUT2D eigenvalue weighted by atomic mass is 32.1. The molecule has 0 aliphatic rings. The van der Waals surface area contributed by atoms with Gasteiger partial charge in [-0.25, -0.2) is 0 Å². The van der Waals surface area contributed by atoms with Crippen molar-refractivity contribution in [3.8, 4) is 0 Å². The Balaban J connectivity index is 2.28. The van der Waals surface area contributed by atoms with Crippen molar-refractivity contribution in [2.75, 3.05) is 0 Å². The van der Waals surface area contributed by atoms with Crippen LogP contribution >= 0.6 is 12.6 Å². The van der Waals surface area contributed by atoms with Gasteiger partial charge in [-0.15, -0.1) is 12.6 Å². The molecule has 0 radical (unpaired) electrons. The molecule has 18 heavy (non-hydrogen) atoms. The minimum atomic E-state index is -0.187. The second kappa shape index (κ2) is 5.69. The predicted molar refractivity (Wildman–Crippen MR) is 79.1 cm³/mol. The molecule has 0 unspecified atom stereocenters. The third kappa shape index (κ3) is 2.90. The van der Waals surface area contributed by atoms with E-state index in [0.29, 0.717) is 5.56 Å². The molecule has 0 heterocycles. The Bertz CT molecular complexity index is 570. The maximum absolute atomic E-state index is 11.4. The van der Waals surface area contributed by atoms with E-state index >= 15 is 0 Å². The molecule has 0 fully saturated rings. The average Bonchev–Trinajstić information content (AvgIpc) is 2.40. The minimum Gasteiger partial charge on any atom is -0.282 e. The Labute approximate surface area is 113 Å².